The zero-order valence-electron chi connectivity index (χ0n) is 9.42. The Morgan fingerprint density at radius 3 is 2.71 bits per heavy atom. The van der Waals surface area contributed by atoms with E-state index in [1.807, 2.05) is 6.26 Å². The number of nitrogens with one attached hydrogen (secondary N) is 1. The SMILES string of the molecule is CCCC(C)C(NCC)c1ccoc1. The predicted molar refractivity (Wildman–Crippen MR) is 59.2 cm³/mol. The molecular formula is C12H21NO. The van der Waals surface area contributed by atoms with Crippen LogP contribution in [0.3, 0.4) is 0 Å². The molecule has 1 rings (SSSR count). The molecule has 1 aromatic heterocycles. The van der Waals surface area contributed by atoms with Crippen LogP contribution >= 0.6 is 0 Å². The van der Waals surface area contributed by atoms with Gasteiger partial charge in [0.1, 0.15) is 0 Å². The minimum Gasteiger partial charge on any atom is -0.472 e. The highest BCUT2D eigenvalue weighted by Crippen LogP contribution is 2.25. The molecule has 0 spiro atoms. The Kier molecular flexibility index (Phi) is 4.74. The first-order chi connectivity index (χ1) is 6.79. The second-order valence-electron chi connectivity index (χ2n) is 3.86. The molecule has 1 N–H and O–H groups in total. The Morgan fingerprint density at radius 2 is 2.21 bits per heavy atom. The molecule has 2 nitrogen and oxygen atoms in total. The van der Waals surface area contributed by atoms with E-state index in [1.54, 1.807) is 6.26 Å². The lowest BCUT2D eigenvalue weighted by atomic mass is 9.92. The fraction of sp³-hybridized carbons (Fsp3) is 0.667. The molecule has 14 heavy (non-hydrogen) atoms. The first-order valence-corrected chi connectivity index (χ1v) is 5.55. The Balaban J connectivity index is 2.63. The maximum absolute atomic E-state index is 5.13. The lowest BCUT2D eigenvalue weighted by Gasteiger charge is -2.23. The highest BCUT2D eigenvalue weighted by Gasteiger charge is 2.18. The third kappa shape index (κ3) is 2.88. The number of hydrogen-bond donors (Lipinski definition) is 1. The minimum absolute atomic E-state index is 0.443. The average molecular weight is 195 g/mol. The summed E-state index contributed by atoms with van der Waals surface area (Å²) in [5.41, 5.74) is 1.27. The van der Waals surface area contributed by atoms with Crippen LogP contribution in [0.15, 0.2) is 23.0 Å². The Hall–Kier alpha value is -0.760. The van der Waals surface area contributed by atoms with Crippen LogP contribution in [0.5, 0.6) is 0 Å². The van der Waals surface area contributed by atoms with Gasteiger partial charge in [-0.15, -0.1) is 0 Å². The van der Waals surface area contributed by atoms with E-state index in [1.165, 1.54) is 18.4 Å². The Labute approximate surface area is 86.7 Å². The van der Waals surface area contributed by atoms with Gasteiger partial charge in [0.15, 0.2) is 0 Å². The van der Waals surface area contributed by atoms with Crippen LogP contribution < -0.4 is 5.32 Å². The Bertz CT molecular complexity index is 230. The summed E-state index contributed by atoms with van der Waals surface area (Å²) < 4.78 is 5.13. The first-order valence-electron chi connectivity index (χ1n) is 5.55. The quantitative estimate of drug-likeness (QED) is 0.753. The predicted octanol–water partition coefficient (Wildman–Crippen LogP) is 3.37. The molecule has 0 aromatic carbocycles. The van der Waals surface area contributed by atoms with E-state index in [0.29, 0.717) is 12.0 Å². The smallest absolute Gasteiger partial charge is 0.0950 e. The summed E-state index contributed by atoms with van der Waals surface area (Å²) in [5, 5.41) is 3.51. The number of furan rings is 1. The van der Waals surface area contributed by atoms with Gasteiger partial charge in [-0.3, -0.25) is 0 Å². The van der Waals surface area contributed by atoms with E-state index in [2.05, 4.69) is 32.2 Å². The molecule has 0 aliphatic rings. The fourth-order valence-electron chi connectivity index (χ4n) is 1.94. The van der Waals surface area contributed by atoms with Gasteiger partial charge in [0.2, 0.25) is 0 Å². The summed E-state index contributed by atoms with van der Waals surface area (Å²) >= 11 is 0. The van der Waals surface area contributed by atoms with Crippen LogP contribution in [-0.4, -0.2) is 6.54 Å². The van der Waals surface area contributed by atoms with Gasteiger partial charge >= 0.3 is 0 Å². The Morgan fingerprint density at radius 1 is 1.43 bits per heavy atom. The standard InChI is InChI=1S/C12H21NO/c1-4-6-10(3)12(13-5-2)11-7-8-14-9-11/h7-10,12-13H,4-6H2,1-3H3. The minimum atomic E-state index is 0.443. The van der Waals surface area contributed by atoms with E-state index in [-0.39, 0.29) is 0 Å². The summed E-state index contributed by atoms with van der Waals surface area (Å²) in [6.45, 7) is 7.67. The van der Waals surface area contributed by atoms with Crippen molar-refractivity contribution in [2.75, 3.05) is 6.54 Å². The summed E-state index contributed by atoms with van der Waals surface area (Å²) in [6, 6.07) is 2.50. The molecule has 1 aromatic rings. The van der Waals surface area contributed by atoms with Gasteiger partial charge < -0.3 is 9.73 Å². The molecule has 80 valence electrons. The molecule has 0 radical (unpaired) electrons. The zero-order chi connectivity index (χ0) is 10.4. The topological polar surface area (TPSA) is 25.2 Å². The normalized spacial score (nSPS) is 15.4. The van der Waals surface area contributed by atoms with Gasteiger partial charge in [0.25, 0.3) is 0 Å². The molecular weight excluding hydrogens is 174 g/mol. The van der Waals surface area contributed by atoms with Crippen molar-refractivity contribution >= 4 is 0 Å². The molecule has 0 saturated carbocycles. The van der Waals surface area contributed by atoms with Crippen LogP contribution in [0, 0.1) is 5.92 Å². The second-order valence-corrected chi connectivity index (χ2v) is 3.86. The molecule has 2 heteroatoms. The van der Waals surface area contributed by atoms with Crippen molar-refractivity contribution in [1.82, 2.24) is 5.32 Å². The molecule has 0 aliphatic carbocycles. The van der Waals surface area contributed by atoms with E-state index < -0.39 is 0 Å². The summed E-state index contributed by atoms with van der Waals surface area (Å²) in [5.74, 6) is 0.664. The van der Waals surface area contributed by atoms with E-state index in [9.17, 15) is 0 Å². The monoisotopic (exact) mass is 195 g/mol. The van der Waals surface area contributed by atoms with Crippen molar-refractivity contribution in [3.63, 3.8) is 0 Å². The summed E-state index contributed by atoms with van der Waals surface area (Å²) in [6.07, 6.45) is 6.08. The van der Waals surface area contributed by atoms with Crippen molar-refractivity contribution in [3.05, 3.63) is 24.2 Å². The van der Waals surface area contributed by atoms with Gasteiger partial charge in [-0.2, -0.15) is 0 Å². The maximum atomic E-state index is 5.13. The van der Waals surface area contributed by atoms with Crippen LogP contribution in [0.25, 0.3) is 0 Å². The first kappa shape index (κ1) is 11.3. The molecule has 0 aliphatic heterocycles. The van der Waals surface area contributed by atoms with Crippen molar-refractivity contribution in [1.29, 1.82) is 0 Å². The summed E-state index contributed by atoms with van der Waals surface area (Å²) in [7, 11) is 0. The largest absolute Gasteiger partial charge is 0.472 e. The lowest BCUT2D eigenvalue weighted by Crippen LogP contribution is -2.26. The summed E-state index contributed by atoms with van der Waals surface area (Å²) in [4.78, 5) is 0. The maximum Gasteiger partial charge on any atom is 0.0950 e. The van der Waals surface area contributed by atoms with Crippen LogP contribution in [0.4, 0.5) is 0 Å². The van der Waals surface area contributed by atoms with Crippen molar-refractivity contribution in [2.45, 2.75) is 39.7 Å². The molecule has 2 atom stereocenters. The average Bonchev–Trinajstić information content (AvgIpc) is 2.67. The van der Waals surface area contributed by atoms with E-state index in [4.69, 9.17) is 4.42 Å². The zero-order valence-corrected chi connectivity index (χ0v) is 9.42. The van der Waals surface area contributed by atoms with Crippen molar-refractivity contribution in [2.24, 2.45) is 5.92 Å². The third-order valence-corrected chi connectivity index (χ3v) is 2.64. The highest BCUT2D eigenvalue weighted by molar-refractivity contribution is 5.12. The van der Waals surface area contributed by atoms with Gasteiger partial charge in [-0.1, -0.05) is 27.2 Å². The molecule has 0 saturated heterocycles. The highest BCUT2D eigenvalue weighted by atomic mass is 16.3. The third-order valence-electron chi connectivity index (χ3n) is 2.64. The van der Waals surface area contributed by atoms with Crippen LogP contribution in [-0.2, 0) is 0 Å². The fourth-order valence-corrected chi connectivity index (χ4v) is 1.94. The molecule has 0 bridgehead atoms. The second kappa shape index (κ2) is 5.86. The molecule has 0 fully saturated rings. The lowest BCUT2D eigenvalue weighted by molar-refractivity contribution is 0.366. The van der Waals surface area contributed by atoms with E-state index >= 15 is 0 Å². The number of hydrogen-bond acceptors (Lipinski definition) is 2. The van der Waals surface area contributed by atoms with Crippen LogP contribution in [0.1, 0.15) is 45.2 Å². The van der Waals surface area contributed by atoms with Gasteiger partial charge in [-0.05, 0) is 24.9 Å². The molecule has 2 unspecified atom stereocenters. The van der Waals surface area contributed by atoms with Gasteiger partial charge in [-0.25, -0.2) is 0 Å². The van der Waals surface area contributed by atoms with Crippen molar-refractivity contribution < 1.29 is 4.42 Å². The van der Waals surface area contributed by atoms with Crippen LogP contribution in [0.2, 0.25) is 0 Å². The van der Waals surface area contributed by atoms with Gasteiger partial charge in [0, 0.05) is 11.6 Å². The van der Waals surface area contributed by atoms with E-state index in [0.717, 1.165) is 6.54 Å². The van der Waals surface area contributed by atoms with Crippen molar-refractivity contribution in [3.8, 4) is 0 Å². The van der Waals surface area contributed by atoms with Gasteiger partial charge in [0.05, 0.1) is 12.5 Å². The molecule has 1 heterocycles. The number of rotatable bonds is 6. The molecule has 0 amide bonds.